The highest BCUT2D eigenvalue weighted by molar-refractivity contribution is 7.92. The van der Waals surface area contributed by atoms with Crippen molar-refractivity contribution in [2.24, 2.45) is 0 Å². The van der Waals surface area contributed by atoms with Crippen molar-refractivity contribution in [2.75, 3.05) is 37.9 Å². The largest absolute Gasteiger partial charge is 0.497 e. The van der Waals surface area contributed by atoms with E-state index in [1.54, 1.807) is 42.5 Å². The Labute approximate surface area is 204 Å². The molecule has 0 atom stereocenters. The molecule has 0 aliphatic rings. The monoisotopic (exact) mass is 502 g/mol. The Morgan fingerprint density at radius 2 is 1.60 bits per heavy atom. The van der Waals surface area contributed by atoms with Crippen LogP contribution in [0.25, 0.3) is 0 Å². The lowest BCUT2D eigenvalue weighted by molar-refractivity contribution is 0.0947. The summed E-state index contributed by atoms with van der Waals surface area (Å²) in [6, 6.07) is 17.1. The van der Waals surface area contributed by atoms with Crippen LogP contribution in [0.4, 0.5) is 10.1 Å². The van der Waals surface area contributed by atoms with Crippen LogP contribution in [0.5, 0.6) is 17.2 Å². The molecule has 1 N–H and O–H groups in total. The Hall–Kier alpha value is -3.79. The second-order valence-corrected chi connectivity index (χ2v) is 9.47. The highest BCUT2D eigenvalue weighted by Crippen LogP contribution is 2.34. The number of nitrogens with zero attached hydrogens (tertiary/aromatic N) is 1. The zero-order chi connectivity index (χ0) is 25.4. The summed E-state index contributed by atoms with van der Waals surface area (Å²) in [5, 5.41) is 2.74. The number of anilines is 1. The van der Waals surface area contributed by atoms with E-state index in [0.717, 1.165) is 6.26 Å². The predicted octanol–water partition coefficient (Wildman–Crippen LogP) is 3.62. The number of halogens is 1. The normalized spacial score (nSPS) is 11.0. The number of rotatable bonds is 11. The number of nitrogens with one attached hydrogen (secondary N) is 1. The SMILES string of the molecule is COc1ccc(OC)c(N(Cc2ccc(C(=O)NCCOc3ccc(F)cc3)cc2)S(C)(=O)=O)c1. The van der Waals surface area contributed by atoms with Gasteiger partial charge in [0.25, 0.3) is 5.91 Å². The summed E-state index contributed by atoms with van der Waals surface area (Å²) in [6.07, 6.45) is 1.11. The van der Waals surface area contributed by atoms with E-state index in [4.69, 9.17) is 14.2 Å². The first kappa shape index (κ1) is 25.8. The molecule has 3 aromatic carbocycles. The third-order valence-corrected chi connectivity index (χ3v) is 6.19. The minimum absolute atomic E-state index is 0.0375. The Balaban J connectivity index is 1.64. The van der Waals surface area contributed by atoms with Crippen LogP contribution in [0.1, 0.15) is 15.9 Å². The van der Waals surface area contributed by atoms with E-state index in [-0.39, 0.29) is 31.4 Å². The lowest BCUT2D eigenvalue weighted by atomic mass is 10.1. The van der Waals surface area contributed by atoms with Crippen LogP contribution in [0, 0.1) is 5.82 Å². The summed E-state index contributed by atoms with van der Waals surface area (Å²) < 4.78 is 55.3. The van der Waals surface area contributed by atoms with Crippen molar-refractivity contribution in [2.45, 2.75) is 6.54 Å². The van der Waals surface area contributed by atoms with Crippen LogP contribution < -0.4 is 23.8 Å². The zero-order valence-corrected chi connectivity index (χ0v) is 20.5. The molecule has 0 radical (unpaired) electrons. The van der Waals surface area contributed by atoms with Crippen molar-refractivity contribution in [3.8, 4) is 17.2 Å². The molecule has 0 heterocycles. The van der Waals surface area contributed by atoms with Gasteiger partial charge in [0.15, 0.2) is 0 Å². The Morgan fingerprint density at radius 1 is 0.943 bits per heavy atom. The van der Waals surface area contributed by atoms with E-state index in [2.05, 4.69) is 5.32 Å². The number of sulfonamides is 1. The topological polar surface area (TPSA) is 94.2 Å². The van der Waals surface area contributed by atoms with Gasteiger partial charge in [-0.1, -0.05) is 12.1 Å². The molecule has 0 saturated carbocycles. The second kappa shape index (κ2) is 11.6. The smallest absolute Gasteiger partial charge is 0.251 e. The summed E-state index contributed by atoms with van der Waals surface area (Å²) in [6.45, 7) is 0.520. The second-order valence-electron chi connectivity index (χ2n) is 7.56. The molecule has 186 valence electrons. The third-order valence-electron chi connectivity index (χ3n) is 5.07. The van der Waals surface area contributed by atoms with E-state index < -0.39 is 10.0 Å². The maximum atomic E-state index is 12.9. The Kier molecular flexibility index (Phi) is 8.53. The van der Waals surface area contributed by atoms with Crippen molar-refractivity contribution in [1.82, 2.24) is 5.32 Å². The highest BCUT2D eigenvalue weighted by atomic mass is 32.2. The van der Waals surface area contributed by atoms with E-state index in [1.807, 2.05) is 0 Å². The van der Waals surface area contributed by atoms with Crippen LogP contribution in [0.2, 0.25) is 0 Å². The summed E-state index contributed by atoms with van der Waals surface area (Å²) in [5.74, 6) is 0.734. The van der Waals surface area contributed by atoms with Crippen molar-refractivity contribution >= 4 is 21.6 Å². The summed E-state index contributed by atoms with van der Waals surface area (Å²) in [4.78, 5) is 12.4. The van der Waals surface area contributed by atoms with Crippen LogP contribution in [-0.2, 0) is 16.6 Å². The first-order valence-corrected chi connectivity index (χ1v) is 12.5. The molecule has 0 bridgehead atoms. The van der Waals surface area contributed by atoms with E-state index in [0.29, 0.717) is 34.1 Å². The van der Waals surface area contributed by atoms with Crippen LogP contribution in [-0.4, -0.2) is 48.0 Å². The minimum Gasteiger partial charge on any atom is -0.497 e. The summed E-state index contributed by atoms with van der Waals surface area (Å²) in [7, 11) is -0.699. The fourth-order valence-electron chi connectivity index (χ4n) is 3.27. The fourth-order valence-corrected chi connectivity index (χ4v) is 4.15. The Bertz CT molecular complexity index is 1250. The van der Waals surface area contributed by atoms with E-state index >= 15 is 0 Å². The number of methoxy groups -OCH3 is 2. The van der Waals surface area contributed by atoms with Crippen molar-refractivity contribution in [3.05, 3.63) is 83.7 Å². The van der Waals surface area contributed by atoms with E-state index in [9.17, 15) is 17.6 Å². The average Bonchev–Trinajstić information content (AvgIpc) is 2.85. The predicted molar refractivity (Wildman–Crippen MR) is 131 cm³/mol. The standard InChI is InChI=1S/C25H27FN2O6S/c1-32-22-12-13-24(33-2)23(16-22)28(35(3,30)31)17-18-4-6-19(7-5-18)25(29)27-14-15-34-21-10-8-20(26)9-11-21/h4-13,16H,14-15,17H2,1-3H3,(H,27,29). The molecule has 3 rings (SSSR count). The number of amides is 1. The number of benzene rings is 3. The van der Waals surface area contributed by atoms with E-state index in [1.165, 1.54) is 42.8 Å². The highest BCUT2D eigenvalue weighted by Gasteiger charge is 2.22. The third kappa shape index (κ3) is 7.10. The van der Waals surface area contributed by atoms with Gasteiger partial charge < -0.3 is 19.5 Å². The van der Waals surface area contributed by atoms with Gasteiger partial charge in [-0.2, -0.15) is 0 Å². The van der Waals surface area contributed by atoms with Crippen LogP contribution in [0.15, 0.2) is 66.7 Å². The molecule has 35 heavy (non-hydrogen) atoms. The van der Waals surface area contributed by atoms with Gasteiger partial charge in [0.1, 0.15) is 29.7 Å². The minimum atomic E-state index is -3.66. The zero-order valence-electron chi connectivity index (χ0n) is 19.7. The maximum Gasteiger partial charge on any atom is 0.251 e. The molecule has 0 saturated heterocycles. The molecule has 0 spiro atoms. The quantitative estimate of drug-likeness (QED) is 0.403. The molecule has 0 aliphatic heterocycles. The van der Waals surface area contributed by atoms with Crippen molar-refractivity contribution in [1.29, 1.82) is 0 Å². The summed E-state index contributed by atoms with van der Waals surface area (Å²) >= 11 is 0. The summed E-state index contributed by atoms with van der Waals surface area (Å²) in [5.41, 5.74) is 1.44. The number of carbonyl (C=O) groups is 1. The van der Waals surface area contributed by atoms with Gasteiger partial charge >= 0.3 is 0 Å². The van der Waals surface area contributed by atoms with Crippen molar-refractivity contribution < 1.29 is 31.8 Å². The van der Waals surface area contributed by atoms with Gasteiger partial charge in [0.05, 0.1) is 39.3 Å². The first-order valence-electron chi connectivity index (χ1n) is 10.7. The van der Waals surface area contributed by atoms with Gasteiger partial charge in [0.2, 0.25) is 10.0 Å². The van der Waals surface area contributed by atoms with Gasteiger partial charge in [-0.15, -0.1) is 0 Å². The molecule has 3 aromatic rings. The molecular weight excluding hydrogens is 475 g/mol. The van der Waals surface area contributed by atoms with Crippen LogP contribution >= 0.6 is 0 Å². The molecule has 0 aromatic heterocycles. The maximum absolute atomic E-state index is 12.9. The fraction of sp³-hybridized carbons (Fsp3) is 0.240. The number of carbonyl (C=O) groups excluding carboxylic acids is 1. The molecular formula is C25H27FN2O6S. The molecule has 10 heteroatoms. The van der Waals surface area contributed by atoms with Gasteiger partial charge in [-0.3, -0.25) is 9.10 Å². The van der Waals surface area contributed by atoms with Crippen molar-refractivity contribution in [3.63, 3.8) is 0 Å². The molecule has 1 amide bonds. The number of ether oxygens (including phenoxy) is 3. The first-order chi connectivity index (χ1) is 16.7. The molecule has 8 nitrogen and oxygen atoms in total. The van der Waals surface area contributed by atoms with Gasteiger partial charge in [-0.25, -0.2) is 12.8 Å². The van der Waals surface area contributed by atoms with Crippen LogP contribution in [0.3, 0.4) is 0 Å². The lowest BCUT2D eigenvalue weighted by Crippen LogP contribution is -2.30. The number of hydrogen-bond donors (Lipinski definition) is 1. The van der Waals surface area contributed by atoms with Gasteiger partial charge in [-0.05, 0) is 54.1 Å². The average molecular weight is 503 g/mol. The van der Waals surface area contributed by atoms with Gasteiger partial charge in [0, 0.05) is 11.6 Å². The molecule has 0 fully saturated rings. The number of hydrogen-bond acceptors (Lipinski definition) is 6. The molecule has 0 aliphatic carbocycles. The lowest BCUT2D eigenvalue weighted by Gasteiger charge is -2.25. The molecule has 0 unspecified atom stereocenters. The Morgan fingerprint density at radius 3 is 2.20 bits per heavy atom.